The van der Waals surface area contributed by atoms with Crippen molar-refractivity contribution in [3.8, 4) is 0 Å². The van der Waals surface area contributed by atoms with E-state index in [1.807, 2.05) is 0 Å². The first-order valence-corrected chi connectivity index (χ1v) is 27.9. The Bertz CT molecular complexity index is 2270. The van der Waals surface area contributed by atoms with Gasteiger partial charge in [-0.1, -0.05) is 12.1 Å². The summed E-state index contributed by atoms with van der Waals surface area (Å²) >= 11 is 0. The Kier molecular flexibility index (Phi) is 31.4. The van der Waals surface area contributed by atoms with Crippen LogP contribution in [-0.4, -0.2) is 269 Å². The van der Waals surface area contributed by atoms with E-state index in [1.54, 1.807) is 62.9 Å². The number of rotatable bonds is 33. The molecule has 29 nitrogen and oxygen atoms in total. The van der Waals surface area contributed by atoms with Gasteiger partial charge >= 0.3 is 31.0 Å². The molecule has 3 rings (SSSR count). The zero-order valence-electron chi connectivity index (χ0n) is 47.5. The van der Waals surface area contributed by atoms with Crippen LogP contribution in [0, 0.1) is 0 Å². The molecule has 13 N–H and O–H groups in total. The molecule has 458 valence electrons. The SMILES string of the molecule is C[C@@H](NC(=O)c1ccc(CNC(=O)CCCCNC(=O)[C@H](CCCN=C(N)N(C)C)NC(=O)CCCCNC(=O)CC[C@H](C(=O)O)N2CCN(CC(=O)O)CCN(CC(=O)O)CCN(CC(=O)O)CC2)cc1)C(=O)N1CCC[C@H]1B(O)O. The number of likely N-dealkylation sites (tertiary alicyclic amines) is 1. The second-order valence-electron chi connectivity index (χ2n) is 20.7. The topological polar surface area (TPSA) is 410 Å². The fourth-order valence-electron chi connectivity index (χ4n) is 9.31. The summed E-state index contributed by atoms with van der Waals surface area (Å²) in [6, 6.07) is 3.54. The maximum absolute atomic E-state index is 13.4. The number of nitrogens with zero attached hydrogens (tertiary/aromatic N) is 7. The van der Waals surface area contributed by atoms with Gasteiger partial charge in [-0.15, -0.1) is 0 Å². The summed E-state index contributed by atoms with van der Waals surface area (Å²) in [7, 11) is 1.81. The highest BCUT2D eigenvalue weighted by atomic mass is 16.4. The quantitative estimate of drug-likeness (QED) is 0.0143. The van der Waals surface area contributed by atoms with Gasteiger partial charge in [0.1, 0.15) is 18.1 Å². The van der Waals surface area contributed by atoms with E-state index in [0.29, 0.717) is 69.6 Å². The Labute approximate surface area is 478 Å². The average Bonchev–Trinajstić information content (AvgIpc) is 3.99. The highest BCUT2D eigenvalue weighted by Gasteiger charge is 2.39. The number of benzene rings is 1. The van der Waals surface area contributed by atoms with Gasteiger partial charge in [-0.2, -0.15) is 0 Å². The predicted octanol–water partition coefficient (Wildman–Crippen LogP) is -3.15. The number of guanidine groups is 1. The molecule has 2 aliphatic heterocycles. The maximum atomic E-state index is 13.4. The first-order chi connectivity index (χ1) is 38.9. The Hall–Kier alpha value is -6.99. The molecule has 0 spiro atoms. The number of carbonyl (C=O) groups excluding carboxylic acids is 6. The molecule has 2 aliphatic rings. The lowest BCUT2D eigenvalue weighted by Crippen LogP contribution is -2.52. The van der Waals surface area contributed by atoms with Crippen molar-refractivity contribution in [1.29, 1.82) is 0 Å². The lowest BCUT2D eigenvalue weighted by atomic mass is 9.78. The van der Waals surface area contributed by atoms with Crippen molar-refractivity contribution in [3.05, 3.63) is 35.4 Å². The van der Waals surface area contributed by atoms with Crippen LogP contribution in [0.15, 0.2) is 29.3 Å². The van der Waals surface area contributed by atoms with Gasteiger partial charge in [0.15, 0.2) is 5.96 Å². The molecule has 0 saturated carbocycles. The van der Waals surface area contributed by atoms with Crippen LogP contribution < -0.4 is 32.3 Å². The molecule has 0 bridgehead atoms. The van der Waals surface area contributed by atoms with Crippen LogP contribution >= 0.6 is 0 Å². The number of unbranched alkanes of at least 4 members (excludes halogenated alkanes) is 2. The number of aliphatic carboxylic acids is 4. The van der Waals surface area contributed by atoms with Crippen molar-refractivity contribution >= 4 is 72.4 Å². The predicted molar refractivity (Wildman–Crippen MR) is 300 cm³/mol. The molecule has 1 aromatic rings. The molecule has 2 heterocycles. The summed E-state index contributed by atoms with van der Waals surface area (Å²) in [6.45, 7) is 2.73. The van der Waals surface area contributed by atoms with E-state index in [1.165, 1.54) is 11.8 Å². The number of aliphatic imine (C=N–C) groups is 1. The second-order valence-corrected chi connectivity index (χ2v) is 20.7. The van der Waals surface area contributed by atoms with Crippen molar-refractivity contribution in [1.82, 2.24) is 56.0 Å². The summed E-state index contributed by atoms with van der Waals surface area (Å²) in [5.41, 5.74) is 6.94. The largest absolute Gasteiger partial charge is 0.480 e. The fourth-order valence-corrected chi connectivity index (χ4v) is 9.31. The monoisotopic (exact) mass is 1160 g/mol. The smallest absolute Gasteiger partial charge is 0.475 e. The van der Waals surface area contributed by atoms with E-state index in [0.717, 1.165) is 5.56 Å². The minimum absolute atomic E-state index is 0.0336. The molecule has 0 radical (unpaired) electrons. The Morgan fingerprint density at radius 2 is 1.18 bits per heavy atom. The van der Waals surface area contributed by atoms with Crippen LogP contribution in [-0.2, 0) is 49.7 Å². The number of carbonyl (C=O) groups is 10. The number of amides is 6. The maximum Gasteiger partial charge on any atom is 0.475 e. The normalized spacial score (nSPS) is 17.2. The van der Waals surface area contributed by atoms with Crippen molar-refractivity contribution in [2.75, 3.05) is 112 Å². The molecule has 4 atom stereocenters. The van der Waals surface area contributed by atoms with E-state index < -0.39 is 84.6 Å². The van der Waals surface area contributed by atoms with Gasteiger partial charge in [0.2, 0.25) is 29.5 Å². The average molecular weight is 1160 g/mol. The van der Waals surface area contributed by atoms with Crippen LogP contribution in [0.5, 0.6) is 0 Å². The van der Waals surface area contributed by atoms with Gasteiger partial charge in [-0.3, -0.25) is 72.5 Å². The molecule has 0 aromatic heterocycles. The number of hydrogen-bond acceptors (Lipinski definition) is 17. The molecule has 0 aliphatic carbocycles. The Balaban J connectivity index is 1.44. The van der Waals surface area contributed by atoms with Crippen molar-refractivity contribution in [3.63, 3.8) is 0 Å². The van der Waals surface area contributed by atoms with E-state index >= 15 is 0 Å². The first-order valence-electron chi connectivity index (χ1n) is 27.9. The highest BCUT2D eigenvalue weighted by molar-refractivity contribution is 6.43. The van der Waals surface area contributed by atoms with Gasteiger partial charge in [-0.25, -0.2) is 0 Å². The van der Waals surface area contributed by atoms with E-state index in [9.17, 15) is 78.4 Å². The summed E-state index contributed by atoms with van der Waals surface area (Å²) < 4.78 is 0. The Morgan fingerprint density at radius 1 is 0.659 bits per heavy atom. The van der Waals surface area contributed by atoms with Gasteiger partial charge in [0, 0.05) is 124 Å². The third-order valence-electron chi connectivity index (χ3n) is 14.0. The van der Waals surface area contributed by atoms with Crippen LogP contribution in [0.1, 0.15) is 99.9 Å². The first kappa shape index (κ1) is 69.3. The Morgan fingerprint density at radius 3 is 1.71 bits per heavy atom. The van der Waals surface area contributed by atoms with E-state index in [-0.39, 0.29) is 130 Å². The molecule has 2 fully saturated rings. The minimum atomic E-state index is -1.66. The molecular formula is C52H86BN13O16. The molecule has 82 heavy (non-hydrogen) atoms. The van der Waals surface area contributed by atoms with Crippen molar-refractivity contribution in [2.45, 2.75) is 115 Å². The number of nitrogens with one attached hydrogen (secondary N) is 5. The highest BCUT2D eigenvalue weighted by Crippen LogP contribution is 2.19. The molecule has 2 saturated heterocycles. The molecule has 1 aromatic carbocycles. The second kappa shape index (κ2) is 37.2. The number of nitrogens with two attached hydrogens (primary N) is 1. The summed E-state index contributed by atoms with van der Waals surface area (Å²) in [6.07, 6.45) is 3.32. The third kappa shape index (κ3) is 27.2. The standard InChI is InChI=1S/C52H86BN13O16/c1-36(50(78)66-23-9-11-41(66)53(81)82)59-48(76)38-16-14-37(15-17-38)32-58-42(67)12-4-7-21-56-49(77)39(10-8-22-57-52(54)61(2)3)60-44(69)13-5-6-20-55-43(68)19-18-40(51(79)80)65-30-28-63(34-46(72)73)26-24-62(33-45(70)71)25-27-64(29-31-65)35-47(74)75/h14-17,36,39-41,81-82H,4-13,18-35H2,1-3H3,(H2,54,57)(H,55,68)(H,56,77)(H,58,67)(H,59,76)(H,60,69)(H,70,71)(H,72,73)(H,74,75)(H,79,80)/t36-,39+,40-,41+/m1/s1. The molecular weight excluding hydrogens is 1070 g/mol. The van der Waals surface area contributed by atoms with Crippen molar-refractivity contribution < 1.29 is 78.4 Å². The lowest BCUT2D eigenvalue weighted by Gasteiger charge is -2.35. The molecule has 6 amide bonds. The zero-order valence-corrected chi connectivity index (χ0v) is 47.5. The fraction of sp³-hybridized carbons (Fsp3) is 0.673. The van der Waals surface area contributed by atoms with E-state index in [4.69, 9.17) is 5.73 Å². The summed E-state index contributed by atoms with van der Waals surface area (Å²) in [5, 5.41) is 71.9. The number of hydrogen-bond donors (Lipinski definition) is 12. The number of carboxylic acid groups (broad SMARTS) is 4. The zero-order chi connectivity index (χ0) is 60.7. The van der Waals surface area contributed by atoms with Gasteiger partial charge < -0.3 is 72.6 Å². The molecule has 0 unspecified atom stereocenters. The lowest BCUT2D eigenvalue weighted by molar-refractivity contribution is -0.145. The van der Waals surface area contributed by atoms with Gasteiger partial charge in [0.25, 0.3) is 5.91 Å². The van der Waals surface area contributed by atoms with Crippen LogP contribution in [0.4, 0.5) is 0 Å². The van der Waals surface area contributed by atoms with Crippen LogP contribution in [0.25, 0.3) is 0 Å². The molecule has 30 heteroatoms. The summed E-state index contributed by atoms with van der Waals surface area (Å²) in [5.74, 6) is -7.35. The van der Waals surface area contributed by atoms with E-state index in [2.05, 4.69) is 31.6 Å². The number of carboxylic acids is 4. The minimum Gasteiger partial charge on any atom is -0.480 e. The third-order valence-corrected chi connectivity index (χ3v) is 14.0. The van der Waals surface area contributed by atoms with Crippen LogP contribution in [0.3, 0.4) is 0 Å². The van der Waals surface area contributed by atoms with Crippen molar-refractivity contribution in [2.24, 2.45) is 10.7 Å². The van der Waals surface area contributed by atoms with Crippen LogP contribution in [0.2, 0.25) is 0 Å². The summed E-state index contributed by atoms with van der Waals surface area (Å²) in [4.78, 5) is 139. The van der Waals surface area contributed by atoms with Gasteiger partial charge in [-0.05, 0) is 82.4 Å². The van der Waals surface area contributed by atoms with Gasteiger partial charge in [0.05, 0.1) is 25.6 Å².